The molecule has 7 nitrogen and oxygen atoms in total. The molecule has 9 heteroatoms. The number of nitrogens with one attached hydrogen (secondary N) is 1. The number of hydrogen-bond donors (Lipinski definition) is 1. The van der Waals surface area contributed by atoms with E-state index in [0.717, 1.165) is 0 Å². The number of pyridine rings is 1. The van der Waals surface area contributed by atoms with Gasteiger partial charge in [0.15, 0.2) is 11.6 Å². The van der Waals surface area contributed by atoms with Crippen molar-refractivity contribution in [3.8, 4) is 11.5 Å². The molecule has 2 aromatic carbocycles. The van der Waals surface area contributed by atoms with E-state index >= 15 is 0 Å². The van der Waals surface area contributed by atoms with Gasteiger partial charge in [-0.2, -0.15) is 0 Å². The number of carbonyl (C=O) groups is 1. The molecule has 4 rings (SSSR count). The number of benzene rings is 2. The molecule has 0 atom stereocenters. The lowest BCUT2D eigenvalue weighted by atomic mass is 10.2. The second-order valence-corrected chi connectivity index (χ2v) is 8.37. The Morgan fingerprint density at radius 3 is 2.69 bits per heavy atom. The quantitative estimate of drug-likeness (QED) is 0.667. The average Bonchev–Trinajstić information content (AvgIpc) is 2.81. The number of ether oxygens (including phenoxy) is 1. The van der Waals surface area contributed by atoms with E-state index in [2.05, 4.69) is 9.71 Å². The summed E-state index contributed by atoms with van der Waals surface area (Å²) in [5.41, 5.74) is 0.459. The van der Waals surface area contributed by atoms with E-state index in [1.165, 1.54) is 29.2 Å². The van der Waals surface area contributed by atoms with Crippen LogP contribution in [0.15, 0.2) is 65.7 Å². The van der Waals surface area contributed by atoms with Crippen LogP contribution in [0.1, 0.15) is 17.3 Å². The molecule has 0 spiro atoms. The van der Waals surface area contributed by atoms with Crippen molar-refractivity contribution in [1.29, 1.82) is 0 Å². The van der Waals surface area contributed by atoms with Crippen LogP contribution in [0.3, 0.4) is 0 Å². The highest BCUT2D eigenvalue weighted by atomic mass is 35.5. The maximum absolute atomic E-state index is 13.1. The van der Waals surface area contributed by atoms with Crippen molar-refractivity contribution < 1.29 is 17.9 Å². The average molecular weight is 430 g/mol. The number of nitrogens with zero attached hydrogens (tertiary/aromatic N) is 2. The van der Waals surface area contributed by atoms with E-state index in [1.54, 1.807) is 36.5 Å². The topological polar surface area (TPSA) is 88.6 Å². The molecule has 0 saturated heterocycles. The first kappa shape index (κ1) is 19.2. The van der Waals surface area contributed by atoms with Gasteiger partial charge in [-0.3, -0.25) is 14.4 Å². The fraction of sp³-hybridized carbons (Fsp3) is 0.100. The number of anilines is 2. The van der Waals surface area contributed by atoms with Gasteiger partial charge in [-0.25, -0.2) is 13.4 Å². The predicted octanol–water partition coefficient (Wildman–Crippen LogP) is 4.31. The number of aromatic nitrogens is 1. The van der Waals surface area contributed by atoms with E-state index in [9.17, 15) is 13.2 Å². The van der Waals surface area contributed by atoms with E-state index < -0.39 is 10.0 Å². The Hall–Kier alpha value is -3.10. The Bertz CT molecular complexity index is 1210. The van der Waals surface area contributed by atoms with Crippen molar-refractivity contribution in [3.63, 3.8) is 0 Å². The molecule has 0 aliphatic carbocycles. The molecule has 0 unspecified atom stereocenters. The highest BCUT2D eigenvalue weighted by Gasteiger charge is 2.29. The molecule has 148 valence electrons. The third kappa shape index (κ3) is 3.64. The molecular weight excluding hydrogens is 414 g/mol. The molecule has 29 heavy (non-hydrogen) atoms. The molecule has 2 heterocycles. The lowest BCUT2D eigenvalue weighted by molar-refractivity contribution is 0.0987. The van der Waals surface area contributed by atoms with Gasteiger partial charge in [-0.15, -0.1) is 0 Å². The highest BCUT2D eigenvalue weighted by Crippen LogP contribution is 2.38. The van der Waals surface area contributed by atoms with Crippen LogP contribution in [0.4, 0.5) is 11.5 Å². The molecule has 3 aromatic rings. The minimum absolute atomic E-state index is 0.0665. The van der Waals surface area contributed by atoms with Gasteiger partial charge in [0.2, 0.25) is 0 Å². The molecule has 1 amide bonds. The summed E-state index contributed by atoms with van der Waals surface area (Å²) in [5, 5.41) is 0.402. The molecular formula is C20H16ClN3O4S. The molecule has 0 radical (unpaired) electrons. The van der Waals surface area contributed by atoms with E-state index in [4.69, 9.17) is 16.3 Å². The third-order valence-corrected chi connectivity index (χ3v) is 5.97. The van der Waals surface area contributed by atoms with Crippen LogP contribution < -0.4 is 14.4 Å². The first-order valence-corrected chi connectivity index (χ1v) is 10.6. The van der Waals surface area contributed by atoms with Gasteiger partial charge >= 0.3 is 0 Å². The lowest BCUT2D eigenvalue weighted by Gasteiger charge is -2.18. The van der Waals surface area contributed by atoms with Crippen LogP contribution >= 0.6 is 11.6 Å². The van der Waals surface area contributed by atoms with Gasteiger partial charge in [0.25, 0.3) is 15.9 Å². The largest absolute Gasteiger partial charge is 0.453 e. The zero-order chi connectivity index (χ0) is 20.6. The number of hydrogen-bond acceptors (Lipinski definition) is 5. The Morgan fingerprint density at radius 1 is 1.10 bits per heavy atom. The maximum Gasteiger partial charge on any atom is 0.263 e. The summed E-state index contributed by atoms with van der Waals surface area (Å²) in [4.78, 5) is 18.7. The minimum atomic E-state index is -3.94. The van der Waals surface area contributed by atoms with Crippen LogP contribution in [-0.4, -0.2) is 25.9 Å². The van der Waals surface area contributed by atoms with Gasteiger partial charge in [0, 0.05) is 17.8 Å². The summed E-state index contributed by atoms with van der Waals surface area (Å²) >= 11 is 5.92. The fourth-order valence-corrected chi connectivity index (χ4v) is 4.28. The second-order valence-electron chi connectivity index (χ2n) is 6.25. The van der Waals surface area contributed by atoms with Crippen molar-refractivity contribution >= 4 is 39.0 Å². The smallest absolute Gasteiger partial charge is 0.263 e. The molecule has 1 aromatic heterocycles. The van der Waals surface area contributed by atoms with Crippen molar-refractivity contribution in [2.75, 3.05) is 16.2 Å². The summed E-state index contributed by atoms with van der Waals surface area (Å²) in [7, 11) is -3.94. The predicted molar refractivity (Wildman–Crippen MR) is 110 cm³/mol. The van der Waals surface area contributed by atoms with Crippen LogP contribution in [0, 0.1) is 0 Å². The maximum atomic E-state index is 13.1. The first-order chi connectivity index (χ1) is 13.9. The summed E-state index contributed by atoms with van der Waals surface area (Å²) in [5.74, 6) is 0.688. The monoisotopic (exact) mass is 429 g/mol. The fourth-order valence-electron chi connectivity index (χ4n) is 3.02. The van der Waals surface area contributed by atoms with E-state index in [-0.39, 0.29) is 22.1 Å². The summed E-state index contributed by atoms with van der Waals surface area (Å²) in [6.07, 6.45) is 1.57. The van der Waals surface area contributed by atoms with Crippen LogP contribution in [0.2, 0.25) is 5.02 Å². The van der Waals surface area contributed by atoms with Crippen LogP contribution in [-0.2, 0) is 10.0 Å². The Balaban J connectivity index is 1.75. The first-order valence-electron chi connectivity index (χ1n) is 8.76. The minimum Gasteiger partial charge on any atom is -0.453 e. The van der Waals surface area contributed by atoms with Gasteiger partial charge < -0.3 is 4.74 Å². The van der Waals surface area contributed by atoms with Crippen molar-refractivity contribution in [2.24, 2.45) is 0 Å². The van der Waals surface area contributed by atoms with Crippen molar-refractivity contribution in [3.05, 3.63) is 71.4 Å². The van der Waals surface area contributed by atoms with Gasteiger partial charge in [0.1, 0.15) is 5.75 Å². The van der Waals surface area contributed by atoms with Crippen molar-refractivity contribution in [1.82, 2.24) is 4.98 Å². The Labute approximate surface area is 173 Å². The molecule has 1 N–H and O–H groups in total. The summed E-state index contributed by atoms with van der Waals surface area (Å²) in [6.45, 7) is 2.16. The van der Waals surface area contributed by atoms with Gasteiger partial charge in [0.05, 0.1) is 16.1 Å². The number of carbonyl (C=O) groups excluding carboxylic acids is 1. The van der Waals surface area contributed by atoms with Gasteiger partial charge in [-0.05, 0) is 55.5 Å². The van der Waals surface area contributed by atoms with Crippen LogP contribution in [0.5, 0.6) is 11.5 Å². The zero-order valence-corrected chi connectivity index (χ0v) is 16.9. The van der Waals surface area contributed by atoms with E-state index in [0.29, 0.717) is 28.8 Å². The van der Waals surface area contributed by atoms with Gasteiger partial charge in [-0.1, -0.05) is 17.7 Å². The van der Waals surface area contributed by atoms with E-state index in [1.807, 2.05) is 6.92 Å². The zero-order valence-electron chi connectivity index (χ0n) is 15.3. The summed E-state index contributed by atoms with van der Waals surface area (Å²) in [6, 6.07) is 13.9. The number of fused-ring (bicyclic) bond motifs is 2. The number of amides is 1. The molecule has 0 saturated carbocycles. The second kappa shape index (κ2) is 7.38. The third-order valence-electron chi connectivity index (χ3n) is 4.36. The Kier molecular flexibility index (Phi) is 4.89. The van der Waals surface area contributed by atoms with Crippen LogP contribution in [0.25, 0.3) is 0 Å². The standard InChI is InChI=1S/C20H16ClN3O4S/c1-2-24-19-18(7-4-10-22-19)28-17-9-8-15(12-16(17)20(24)25)29(26,27)23-14-6-3-5-13(21)11-14/h3-12,23H,2H2,1H3. The molecule has 0 bridgehead atoms. The lowest BCUT2D eigenvalue weighted by Crippen LogP contribution is -2.30. The summed E-state index contributed by atoms with van der Waals surface area (Å²) < 4.78 is 34.0. The number of halogens is 1. The molecule has 1 aliphatic heterocycles. The van der Waals surface area contributed by atoms with Crippen molar-refractivity contribution in [2.45, 2.75) is 11.8 Å². The molecule has 1 aliphatic rings. The number of rotatable bonds is 4. The highest BCUT2D eigenvalue weighted by molar-refractivity contribution is 7.92. The normalized spacial score (nSPS) is 13.2. The Morgan fingerprint density at radius 2 is 1.93 bits per heavy atom. The SMILES string of the molecule is CCN1C(=O)c2cc(S(=O)(=O)Nc3cccc(Cl)c3)ccc2Oc2cccnc21. The molecule has 0 fully saturated rings. The number of sulfonamides is 1.